The van der Waals surface area contributed by atoms with Crippen LogP contribution in [0.15, 0.2) is 18.2 Å². The second-order valence-electron chi connectivity index (χ2n) is 4.13. The van der Waals surface area contributed by atoms with Crippen LogP contribution in [0.5, 0.6) is 11.5 Å². The van der Waals surface area contributed by atoms with Crippen LogP contribution >= 0.6 is 0 Å². The summed E-state index contributed by atoms with van der Waals surface area (Å²) in [5.74, 6) is -0.211. The molecule has 0 fully saturated rings. The molecule has 0 bridgehead atoms. The van der Waals surface area contributed by atoms with E-state index in [2.05, 4.69) is 4.74 Å². The van der Waals surface area contributed by atoms with Crippen LogP contribution in [0, 0.1) is 0 Å². The van der Waals surface area contributed by atoms with Crippen LogP contribution in [0.2, 0.25) is 0 Å². The van der Waals surface area contributed by atoms with Crippen molar-refractivity contribution in [1.82, 2.24) is 4.90 Å². The maximum absolute atomic E-state index is 11.6. The number of likely N-dealkylation sites (N-methyl/N-ethyl adjacent to an activating group) is 1. The van der Waals surface area contributed by atoms with E-state index in [4.69, 9.17) is 9.47 Å². The molecule has 0 aromatic heterocycles. The molecular formula is C13H15NO5. The zero-order chi connectivity index (χ0) is 13.8. The van der Waals surface area contributed by atoms with E-state index in [0.29, 0.717) is 31.3 Å². The SMILES string of the molecule is COC(=O)C(=O)N(C)Cc1ccc2c(c1)OCCO2. The van der Waals surface area contributed by atoms with Gasteiger partial charge in [-0.3, -0.25) is 4.79 Å². The molecule has 0 aliphatic carbocycles. The predicted octanol–water partition coefficient (Wildman–Crippen LogP) is 0.589. The third-order valence-corrected chi connectivity index (χ3v) is 2.73. The highest BCUT2D eigenvalue weighted by Gasteiger charge is 2.20. The van der Waals surface area contributed by atoms with Crippen molar-refractivity contribution in [2.24, 2.45) is 0 Å². The largest absolute Gasteiger partial charge is 0.486 e. The van der Waals surface area contributed by atoms with Gasteiger partial charge in [-0.25, -0.2) is 4.79 Å². The lowest BCUT2D eigenvalue weighted by Gasteiger charge is -2.20. The van der Waals surface area contributed by atoms with Gasteiger partial charge in [0.05, 0.1) is 7.11 Å². The van der Waals surface area contributed by atoms with Crippen LogP contribution in [-0.2, 0) is 20.9 Å². The second kappa shape index (κ2) is 5.60. The number of ether oxygens (including phenoxy) is 3. The Morgan fingerprint density at radius 1 is 1.26 bits per heavy atom. The summed E-state index contributed by atoms with van der Waals surface area (Å²) >= 11 is 0. The van der Waals surface area contributed by atoms with Gasteiger partial charge in [0.1, 0.15) is 13.2 Å². The average molecular weight is 265 g/mol. The van der Waals surface area contributed by atoms with E-state index < -0.39 is 11.9 Å². The fourth-order valence-corrected chi connectivity index (χ4v) is 1.77. The van der Waals surface area contributed by atoms with Gasteiger partial charge in [-0.05, 0) is 17.7 Å². The highest BCUT2D eigenvalue weighted by atomic mass is 16.6. The van der Waals surface area contributed by atoms with E-state index in [1.165, 1.54) is 19.1 Å². The number of hydrogen-bond donors (Lipinski definition) is 0. The quantitative estimate of drug-likeness (QED) is 0.578. The maximum atomic E-state index is 11.6. The van der Waals surface area contributed by atoms with E-state index >= 15 is 0 Å². The number of fused-ring (bicyclic) bond motifs is 1. The Kier molecular flexibility index (Phi) is 3.89. The molecule has 0 unspecified atom stereocenters. The zero-order valence-electron chi connectivity index (χ0n) is 10.8. The van der Waals surface area contributed by atoms with Crippen molar-refractivity contribution in [2.45, 2.75) is 6.54 Å². The first-order chi connectivity index (χ1) is 9.11. The molecule has 1 amide bonds. The standard InChI is InChI=1S/C13H15NO5/c1-14(12(15)13(16)17-2)8-9-3-4-10-11(7-9)19-6-5-18-10/h3-4,7H,5-6,8H2,1-2H3. The summed E-state index contributed by atoms with van der Waals surface area (Å²) in [4.78, 5) is 24.0. The number of nitrogens with zero attached hydrogens (tertiary/aromatic N) is 1. The summed E-state index contributed by atoms with van der Waals surface area (Å²) in [6.45, 7) is 1.34. The Morgan fingerprint density at radius 2 is 1.95 bits per heavy atom. The normalized spacial score (nSPS) is 12.7. The molecule has 0 N–H and O–H groups in total. The predicted molar refractivity (Wildman–Crippen MR) is 65.9 cm³/mol. The summed E-state index contributed by atoms with van der Waals surface area (Å²) in [5, 5.41) is 0. The van der Waals surface area contributed by atoms with Crippen LogP contribution in [0.3, 0.4) is 0 Å². The lowest BCUT2D eigenvalue weighted by Crippen LogP contribution is -2.33. The second-order valence-corrected chi connectivity index (χ2v) is 4.13. The third-order valence-electron chi connectivity index (χ3n) is 2.73. The van der Waals surface area contributed by atoms with Crippen molar-refractivity contribution < 1.29 is 23.8 Å². The van der Waals surface area contributed by atoms with Gasteiger partial charge in [0, 0.05) is 13.6 Å². The molecular weight excluding hydrogens is 250 g/mol. The number of carbonyl (C=O) groups excluding carboxylic acids is 2. The number of benzene rings is 1. The van der Waals surface area contributed by atoms with Gasteiger partial charge in [0.15, 0.2) is 11.5 Å². The van der Waals surface area contributed by atoms with E-state index in [1.807, 2.05) is 6.07 Å². The smallest absolute Gasteiger partial charge is 0.396 e. The van der Waals surface area contributed by atoms with Crippen molar-refractivity contribution in [3.05, 3.63) is 23.8 Å². The summed E-state index contributed by atoms with van der Waals surface area (Å²) in [6.07, 6.45) is 0. The van der Waals surface area contributed by atoms with Crippen LogP contribution < -0.4 is 9.47 Å². The van der Waals surface area contributed by atoms with Gasteiger partial charge < -0.3 is 19.1 Å². The maximum Gasteiger partial charge on any atom is 0.396 e. The highest BCUT2D eigenvalue weighted by Crippen LogP contribution is 2.30. The van der Waals surface area contributed by atoms with Crippen molar-refractivity contribution >= 4 is 11.9 Å². The fourth-order valence-electron chi connectivity index (χ4n) is 1.77. The minimum absolute atomic E-state index is 0.296. The number of hydrogen-bond acceptors (Lipinski definition) is 5. The number of amides is 1. The Balaban J connectivity index is 2.07. The number of carbonyl (C=O) groups is 2. The molecule has 19 heavy (non-hydrogen) atoms. The summed E-state index contributed by atoms with van der Waals surface area (Å²) in [5.41, 5.74) is 0.851. The monoisotopic (exact) mass is 265 g/mol. The fraction of sp³-hybridized carbons (Fsp3) is 0.385. The third kappa shape index (κ3) is 2.96. The molecule has 1 aliphatic heterocycles. The number of methoxy groups -OCH3 is 1. The number of esters is 1. The molecule has 1 heterocycles. The first kappa shape index (κ1) is 13.2. The van der Waals surface area contributed by atoms with Gasteiger partial charge >= 0.3 is 11.9 Å². The summed E-state index contributed by atoms with van der Waals surface area (Å²) in [6, 6.07) is 5.42. The molecule has 1 aromatic rings. The van der Waals surface area contributed by atoms with Gasteiger partial charge in [-0.1, -0.05) is 6.07 Å². The van der Waals surface area contributed by atoms with Crippen molar-refractivity contribution in [2.75, 3.05) is 27.4 Å². The van der Waals surface area contributed by atoms with Crippen LogP contribution in [0.1, 0.15) is 5.56 Å². The van der Waals surface area contributed by atoms with Crippen molar-refractivity contribution in [3.63, 3.8) is 0 Å². The molecule has 2 rings (SSSR count). The lowest BCUT2D eigenvalue weighted by molar-refractivity contribution is -0.157. The van der Waals surface area contributed by atoms with Gasteiger partial charge in [0.25, 0.3) is 0 Å². The van der Waals surface area contributed by atoms with Crippen molar-refractivity contribution in [3.8, 4) is 11.5 Å². The van der Waals surface area contributed by atoms with E-state index in [-0.39, 0.29) is 0 Å². The van der Waals surface area contributed by atoms with Gasteiger partial charge in [-0.2, -0.15) is 0 Å². The lowest BCUT2D eigenvalue weighted by atomic mass is 10.2. The molecule has 102 valence electrons. The molecule has 0 atom stereocenters. The summed E-state index contributed by atoms with van der Waals surface area (Å²) in [7, 11) is 2.72. The first-order valence-corrected chi connectivity index (χ1v) is 5.83. The van der Waals surface area contributed by atoms with Crippen LogP contribution in [0.4, 0.5) is 0 Å². The first-order valence-electron chi connectivity index (χ1n) is 5.83. The molecule has 1 aromatic carbocycles. The van der Waals surface area contributed by atoms with E-state index in [1.54, 1.807) is 12.1 Å². The zero-order valence-corrected chi connectivity index (χ0v) is 10.8. The topological polar surface area (TPSA) is 65.1 Å². The van der Waals surface area contributed by atoms with E-state index in [9.17, 15) is 9.59 Å². The Labute approximate surface area is 110 Å². The molecule has 6 nitrogen and oxygen atoms in total. The minimum Gasteiger partial charge on any atom is -0.486 e. The Bertz CT molecular complexity index is 500. The Morgan fingerprint density at radius 3 is 2.63 bits per heavy atom. The van der Waals surface area contributed by atoms with Crippen molar-refractivity contribution in [1.29, 1.82) is 0 Å². The molecule has 0 spiro atoms. The number of rotatable bonds is 2. The average Bonchev–Trinajstić information content (AvgIpc) is 2.45. The molecule has 0 saturated carbocycles. The molecule has 0 saturated heterocycles. The minimum atomic E-state index is -0.875. The molecule has 1 aliphatic rings. The van der Waals surface area contributed by atoms with Gasteiger partial charge in [-0.15, -0.1) is 0 Å². The molecule has 0 radical (unpaired) electrons. The summed E-state index contributed by atoms with van der Waals surface area (Å²) < 4.78 is 15.2. The van der Waals surface area contributed by atoms with Crippen LogP contribution in [0.25, 0.3) is 0 Å². The molecule has 6 heteroatoms. The van der Waals surface area contributed by atoms with Gasteiger partial charge in [0.2, 0.25) is 0 Å². The highest BCUT2D eigenvalue weighted by molar-refractivity contribution is 6.32. The Hall–Kier alpha value is -2.24. The van der Waals surface area contributed by atoms with Crippen LogP contribution in [-0.4, -0.2) is 44.1 Å². The van der Waals surface area contributed by atoms with E-state index in [0.717, 1.165) is 5.56 Å².